The van der Waals surface area contributed by atoms with Crippen LogP contribution in [0.25, 0.3) is 0 Å². The monoisotopic (exact) mass is 239 g/mol. The van der Waals surface area contributed by atoms with Crippen molar-refractivity contribution in [2.45, 2.75) is 44.2 Å². The van der Waals surface area contributed by atoms with Gasteiger partial charge >= 0.3 is 0 Å². The van der Waals surface area contributed by atoms with Crippen molar-refractivity contribution in [1.29, 1.82) is 0 Å². The van der Waals surface area contributed by atoms with Crippen molar-refractivity contribution in [3.05, 3.63) is 22.4 Å². The van der Waals surface area contributed by atoms with Crippen molar-refractivity contribution in [3.63, 3.8) is 0 Å². The molecule has 0 aliphatic heterocycles. The summed E-state index contributed by atoms with van der Waals surface area (Å²) in [6.45, 7) is 3.24. The molecule has 1 aromatic rings. The second-order valence-electron chi connectivity index (χ2n) is 4.86. The molecule has 90 valence electrons. The molecule has 2 rings (SSSR count). The minimum absolute atomic E-state index is 0.142. The number of hydrogen-bond acceptors (Lipinski definition) is 3. The van der Waals surface area contributed by atoms with Crippen LogP contribution in [0.15, 0.2) is 16.8 Å². The Morgan fingerprint density at radius 3 is 2.88 bits per heavy atom. The lowest BCUT2D eigenvalue weighted by molar-refractivity contribution is -0.0705. The van der Waals surface area contributed by atoms with Crippen LogP contribution in [-0.2, 0) is 11.2 Å². The summed E-state index contributed by atoms with van der Waals surface area (Å²) in [6.07, 6.45) is 4.85. The summed E-state index contributed by atoms with van der Waals surface area (Å²) < 4.78 is 5.60. The predicted octanol–water partition coefficient (Wildman–Crippen LogP) is 2.84. The molecule has 16 heavy (non-hydrogen) atoms. The van der Waals surface area contributed by atoms with Crippen molar-refractivity contribution in [3.8, 4) is 0 Å². The zero-order chi connectivity index (χ0) is 11.4. The van der Waals surface area contributed by atoms with Crippen LogP contribution < -0.4 is 5.32 Å². The zero-order valence-corrected chi connectivity index (χ0v) is 11.0. The Morgan fingerprint density at radius 2 is 2.38 bits per heavy atom. The van der Waals surface area contributed by atoms with Gasteiger partial charge in [0, 0.05) is 19.7 Å². The highest BCUT2D eigenvalue weighted by atomic mass is 32.1. The highest BCUT2D eigenvalue weighted by Gasteiger charge is 2.36. The quantitative estimate of drug-likeness (QED) is 0.824. The van der Waals surface area contributed by atoms with Crippen LogP contribution in [-0.4, -0.2) is 25.3 Å². The lowest BCUT2D eigenvalue weighted by Gasteiger charge is -2.41. The van der Waals surface area contributed by atoms with E-state index in [1.54, 1.807) is 11.3 Å². The maximum Gasteiger partial charge on any atom is 0.0802 e. The third-order valence-corrected chi connectivity index (χ3v) is 4.32. The van der Waals surface area contributed by atoms with Crippen molar-refractivity contribution in [2.75, 3.05) is 13.7 Å². The van der Waals surface area contributed by atoms with E-state index >= 15 is 0 Å². The van der Waals surface area contributed by atoms with Crippen LogP contribution in [0.4, 0.5) is 0 Å². The van der Waals surface area contributed by atoms with E-state index < -0.39 is 0 Å². The van der Waals surface area contributed by atoms with E-state index in [-0.39, 0.29) is 5.60 Å². The minimum atomic E-state index is 0.142. The van der Waals surface area contributed by atoms with Crippen LogP contribution in [0.1, 0.15) is 31.7 Å². The Bertz CT molecular complexity index is 300. The van der Waals surface area contributed by atoms with Gasteiger partial charge in [-0.15, -0.1) is 0 Å². The van der Waals surface area contributed by atoms with E-state index in [9.17, 15) is 0 Å². The first-order chi connectivity index (χ1) is 7.74. The van der Waals surface area contributed by atoms with Gasteiger partial charge < -0.3 is 10.1 Å². The molecular formula is C13H21NOS. The van der Waals surface area contributed by atoms with E-state index in [1.165, 1.54) is 24.8 Å². The molecule has 1 fully saturated rings. The summed E-state index contributed by atoms with van der Waals surface area (Å²) in [7, 11) is 1.84. The lowest BCUT2D eigenvalue weighted by atomic mass is 9.80. The first kappa shape index (κ1) is 12.1. The van der Waals surface area contributed by atoms with E-state index in [0.29, 0.717) is 6.04 Å². The van der Waals surface area contributed by atoms with Gasteiger partial charge in [0.2, 0.25) is 0 Å². The number of ether oxygens (including phenoxy) is 1. The molecule has 1 saturated carbocycles. The third-order valence-electron chi connectivity index (χ3n) is 3.59. The van der Waals surface area contributed by atoms with E-state index in [2.05, 4.69) is 29.1 Å². The van der Waals surface area contributed by atoms with Crippen LogP contribution in [0.3, 0.4) is 0 Å². The summed E-state index contributed by atoms with van der Waals surface area (Å²) in [5.41, 5.74) is 1.58. The van der Waals surface area contributed by atoms with Crippen LogP contribution in [0.2, 0.25) is 0 Å². The Labute approximate surface area is 102 Å². The normalized spacial score (nSPS) is 20.4. The lowest BCUT2D eigenvalue weighted by Crippen LogP contribution is -2.50. The zero-order valence-electron chi connectivity index (χ0n) is 10.2. The molecule has 1 aliphatic carbocycles. The molecule has 0 radical (unpaired) electrons. The minimum Gasteiger partial charge on any atom is -0.377 e. The summed E-state index contributed by atoms with van der Waals surface area (Å²) in [5, 5.41) is 7.97. The van der Waals surface area contributed by atoms with Gasteiger partial charge in [-0.2, -0.15) is 11.3 Å². The molecule has 1 atom stereocenters. The second kappa shape index (κ2) is 5.30. The fourth-order valence-corrected chi connectivity index (χ4v) is 2.90. The first-order valence-electron chi connectivity index (χ1n) is 6.04. The summed E-state index contributed by atoms with van der Waals surface area (Å²) in [5.74, 6) is 0. The fraction of sp³-hybridized carbons (Fsp3) is 0.692. The maximum atomic E-state index is 5.60. The van der Waals surface area contributed by atoms with Crippen LogP contribution in [0.5, 0.6) is 0 Å². The molecule has 1 aromatic heterocycles. The summed E-state index contributed by atoms with van der Waals surface area (Å²) >= 11 is 1.77. The summed E-state index contributed by atoms with van der Waals surface area (Å²) in [6, 6.07) is 2.74. The second-order valence-corrected chi connectivity index (χ2v) is 5.64. The van der Waals surface area contributed by atoms with Crippen LogP contribution >= 0.6 is 11.3 Å². The van der Waals surface area contributed by atoms with E-state index in [4.69, 9.17) is 4.74 Å². The number of nitrogens with one attached hydrogen (secondary N) is 1. The van der Waals surface area contributed by atoms with E-state index in [1.807, 2.05) is 7.11 Å². The molecule has 3 heteroatoms. The topological polar surface area (TPSA) is 21.3 Å². The Morgan fingerprint density at radius 1 is 1.56 bits per heavy atom. The average molecular weight is 239 g/mol. The highest BCUT2D eigenvalue weighted by Crippen LogP contribution is 2.34. The Kier molecular flexibility index (Phi) is 4.00. The third kappa shape index (κ3) is 2.84. The summed E-state index contributed by atoms with van der Waals surface area (Å²) in [4.78, 5) is 0. The van der Waals surface area contributed by atoms with Gasteiger partial charge in [-0.25, -0.2) is 0 Å². The largest absolute Gasteiger partial charge is 0.377 e. The molecule has 0 aromatic carbocycles. The van der Waals surface area contributed by atoms with Crippen molar-refractivity contribution >= 4 is 11.3 Å². The van der Waals surface area contributed by atoms with Crippen molar-refractivity contribution in [1.82, 2.24) is 5.32 Å². The van der Waals surface area contributed by atoms with Gasteiger partial charge in [0.25, 0.3) is 0 Å². The van der Waals surface area contributed by atoms with Gasteiger partial charge in [0.05, 0.1) is 5.60 Å². The van der Waals surface area contributed by atoms with Gasteiger partial charge in [-0.1, -0.05) is 0 Å². The Hall–Kier alpha value is -0.380. The molecule has 0 saturated heterocycles. The number of methoxy groups -OCH3 is 1. The van der Waals surface area contributed by atoms with Crippen LogP contribution in [0, 0.1) is 0 Å². The molecule has 0 spiro atoms. The SMILES string of the molecule is COC1(CNC(C)Cc2ccsc2)CCC1. The molecule has 1 aliphatic rings. The smallest absolute Gasteiger partial charge is 0.0802 e. The molecule has 1 unspecified atom stereocenters. The van der Waals surface area contributed by atoms with Crippen molar-refractivity contribution < 1.29 is 4.74 Å². The number of thiophene rings is 1. The molecular weight excluding hydrogens is 218 g/mol. The molecule has 1 heterocycles. The first-order valence-corrected chi connectivity index (χ1v) is 6.98. The molecule has 0 bridgehead atoms. The fourth-order valence-electron chi connectivity index (χ4n) is 2.22. The molecule has 2 nitrogen and oxygen atoms in total. The van der Waals surface area contributed by atoms with Gasteiger partial charge in [0.1, 0.15) is 0 Å². The van der Waals surface area contributed by atoms with Gasteiger partial charge in [0.15, 0.2) is 0 Å². The van der Waals surface area contributed by atoms with Gasteiger partial charge in [-0.05, 0) is 55.0 Å². The molecule has 0 amide bonds. The number of rotatable bonds is 6. The Balaban J connectivity index is 1.73. The predicted molar refractivity (Wildman–Crippen MR) is 69.1 cm³/mol. The number of hydrogen-bond donors (Lipinski definition) is 1. The maximum absolute atomic E-state index is 5.60. The van der Waals surface area contributed by atoms with Gasteiger partial charge in [-0.3, -0.25) is 0 Å². The average Bonchev–Trinajstić information content (AvgIpc) is 2.69. The van der Waals surface area contributed by atoms with E-state index in [0.717, 1.165) is 13.0 Å². The highest BCUT2D eigenvalue weighted by molar-refractivity contribution is 7.07. The molecule has 1 N–H and O–H groups in total. The van der Waals surface area contributed by atoms with Crippen molar-refractivity contribution in [2.24, 2.45) is 0 Å². The standard InChI is InChI=1S/C13H21NOS/c1-11(8-12-4-7-16-9-12)14-10-13(15-2)5-3-6-13/h4,7,9,11,14H,3,5-6,8,10H2,1-2H3.